The summed E-state index contributed by atoms with van der Waals surface area (Å²) in [5, 5.41) is 2.94. The third-order valence-electron chi connectivity index (χ3n) is 4.54. The molecule has 1 aliphatic carbocycles. The standard InChI is InChI=1S/C19H22FN3O2S.C2H6/c1-4-7-19(8-9-19)26(25)22-17-12-23(3)18(24)11-16(17)21-15-6-5-13(2)10-14(15)20;1-2/h4-6,10-12,21-22H,1,7-9H2,2-3H3;1-2H3. The fraction of sp³-hybridized carbons (Fsp3) is 0.381. The van der Waals surface area contributed by atoms with Crippen molar-refractivity contribution in [3.8, 4) is 0 Å². The van der Waals surface area contributed by atoms with Gasteiger partial charge < -0.3 is 14.6 Å². The summed E-state index contributed by atoms with van der Waals surface area (Å²) in [7, 11) is 0.282. The first-order valence-corrected chi connectivity index (χ1v) is 10.5. The third-order valence-corrected chi connectivity index (χ3v) is 6.31. The Hall–Kier alpha value is -2.41. The molecule has 1 atom stereocenters. The monoisotopic (exact) mass is 405 g/mol. The van der Waals surface area contributed by atoms with E-state index < -0.39 is 16.8 Å². The summed E-state index contributed by atoms with van der Waals surface area (Å²) in [5.74, 6) is -0.414. The summed E-state index contributed by atoms with van der Waals surface area (Å²) < 4.78 is 31.0. The molecule has 0 spiro atoms. The van der Waals surface area contributed by atoms with E-state index in [9.17, 15) is 13.4 Å². The van der Waals surface area contributed by atoms with Crippen molar-refractivity contribution in [2.75, 3.05) is 10.0 Å². The Morgan fingerprint density at radius 3 is 2.50 bits per heavy atom. The number of hydrogen-bond donors (Lipinski definition) is 2. The van der Waals surface area contributed by atoms with E-state index in [0.717, 1.165) is 18.4 Å². The van der Waals surface area contributed by atoms with Crippen LogP contribution in [0.15, 0.2) is 47.9 Å². The van der Waals surface area contributed by atoms with Crippen molar-refractivity contribution in [1.29, 1.82) is 0 Å². The molecule has 1 fully saturated rings. The van der Waals surface area contributed by atoms with Crippen LogP contribution in [-0.4, -0.2) is 13.5 Å². The van der Waals surface area contributed by atoms with Crippen molar-refractivity contribution < 1.29 is 8.60 Å². The average molecular weight is 406 g/mol. The number of nitrogens with zero attached hydrogens (tertiary/aromatic N) is 1. The van der Waals surface area contributed by atoms with E-state index in [1.54, 1.807) is 38.4 Å². The van der Waals surface area contributed by atoms with Gasteiger partial charge in [0.2, 0.25) is 0 Å². The highest BCUT2D eigenvalue weighted by molar-refractivity contribution is 7.88. The van der Waals surface area contributed by atoms with Crippen LogP contribution in [0, 0.1) is 12.7 Å². The van der Waals surface area contributed by atoms with Gasteiger partial charge in [-0.1, -0.05) is 26.0 Å². The lowest BCUT2D eigenvalue weighted by Gasteiger charge is -2.18. The maximum Gasteiger partial charge on any atom is 0.252 e. The van der Waals surface area contributed by atoms with Crippen LogP contribution < -0.4 is 15.6 Å². The Labute approximate surface area is 168 Å². The predicted molar refractivity (Wildman–Crippen MR) is 116 cm³/mol. The Balaban J connectivity index is 0.00000136. The summed E-state index contributed by atoms with van der Waals surface area (Å²) in [5.41, 5.74) is 1.68. The maximum absolute atomic E-state index is 14.2. The van der Waals surface area contributed by atoms with Crippen molar-refractivity contribution >= 4 is 28.0 Å². The van der Waals surface area contributed by atoms with Crippen LogP contribution in [-0.2, 0) is 18.0 Å². The van der Waals surface area contributed by atoms with Crippen molar-refractivity contribution in [3.63, 3.8) is 0 Å². The van der Waals surface area contributed by atoms with Crippen LogP contribution in [0.25, 0.3) is 0 Å². The Morgan fingerprint density at radius 1 is 1.25 bits per heavy atom. The second-order valence-corrected chi connectivity index (χ2v) is 8.31. The van der Waals surface area contributed by atoms with Gasteiger partial charge in [0.05, 0.1) is 21.8 Å². The lowest BCUT2D eigenvalue weighted by molar-refractivity contribution is 0.630. The molecule has 3 rings (SSSR count). The zero-order valence-electron chi connectivity index (χ0n) is 16.8. The van der Waals surface area contributed by atoms with Crippen molar-refractivity contribution in [1.82, 2.24) is 4.57 Å². The minimum Gasteiger partial charge on any atom is -0.351 e. The zero-order valence-corrected chi connectivity index (χ0v) is 17.7. The third kappa shape index (κ3) is 4.90. The number of allylic oxidation sites excluding steroid dienone is 1. The maximum atomic E-state index is 14.2. The largest absolute Gasteiger partial charge is 0.351 e. The molecule has 5 nitrogen and oxygen atoms in total. The lowest BCUT2D eigenvalue weighted by atomic mass is 10.2. The SMILES string of the molecule is C=CCC1(S(=O)Nc2cn(C)c(=O)cc2Nc2ccc(C)cc2F)CC1.CC. The number of anilines is 3. The van der Waals surface area contributed by atoms with Crippen molar-refractivity contribution in [3.05, 3.63) is 64.9 Å². The summed E-state index contributed by atoms with van der Waals surface area (Å²) in [4.78, 5) is 12.0. The highest BCUT2D eigenvalue weighted by Gasteiger charge is 2.48. The fourth-order valence-corrected chi connectivity index (χ4v) is 4.08. The molecule has 1 aromatic carbocycles. The number of hydrogen-bond acceptors (Lipinski definition) is 3. The van der Waals surface area contributed by atoms with Crippen LogP contribution >= 0.6 is 0 Å². The van der Waals surface area contributed by atoms with Crippen LogP contribution in [0.3, 0.4) is 0 Å². The molecule has 1 unspecified atom stereocenters. The Kier molecular flexibility index (Phi) is 7.18. The normalized spacial score (nSPS) is 15.0. The summed E-state index contributed by atoms with van der Waals surface area (Å²) in [6.07, 6.45) is 5.72. The quantitative estimate of drug-likeness (QED) is 0.651. The van der Waals surface area contributed by atoms with E-state index in [2.05, 4.69) is 16.6 Å². The molecule has 0 saturated heterocycles. The van der Waals surface area contributed by atoms with E-state index in [1.807, 2.05) is 13.8 Å². The minimum absolute atomic E-state index is 0.247. The highest BCUT2D eigenvalue weighted by Crippen LogP contribution is 2.45. The predicted octanol–water partition coefficient (Wildman–Crippen LogP) is 4.79. The number of aromatic nitrogens is 1. The second kappa shape index (κ2) is 9.19. The van der Waals surface area contributed by atoms with Crippen molar-refractivity contribution in [2.24, 2.45) is 7.05 Å². The first-order valence-electron chi connectivity index (χ1n) is 9.38. The molecule has 1 aliphatic rings. The molecule has 28 heavy (non-hydrogen) atoms. The van der Waals surface area contributed by atoms with E-state index in [-0.39, 0.29) is 16.0 Å². The fourth-order valence-electron chi connectivity index (χ4n) is 2.76. The number of benzene rings is 1. The van der Waals surface area contributed by atoms with Gasteiger partial charge in [0.15, 0.2) is 0 Å². The molecule has 0 amide bonds. The minimum atomic E-state index is -1.33. The van der Waals surface area contributed by atoms with E-state index in [0.29, 0.717) is 17.8 Å². The first-order chi connectivity index (χ1) is 13.3. The molecule has 0 aliphatic heterocycles. The van der Waals surface area contributed by atoms with Gasteiger partial charge in [0.1, 0.15) is 16.8 Å². The van der Waals surface area contributed by atoms with Gasteiger partial charge in [-0.15, -0.1) is 6.58 Å². The van der Waals surface area contributed by atoms with Gasteiger partial charge in [-0.3, -0.25) is 4.79 Å². The van der Waals surface area contributed by atoms with Crippen molar-refractivity contribution in [2.45, 2.75) is 44.8 Å². The van der Waals surface area contributed by atoms with Gasteiger partial charge in [-0.2, -0.15) is 0 Å². The molecule has 2 N–H and O–H groups in total. The Morgan fingerprint density at radius 2 is 1.93 bits per heavy atom. The molecular weight excluding hydrogens is 377 g/mol. The molecule has 0 radical (unpaired) electrons. The van der Waals surface area contributed by atoms with E-state index in [4.69, 9.17) is 0 Å². The number of pyridine rings is 1. The van der Waals surface area contributed by atoms with Gasteiger partial charge in [0.25, 0.3) is 5.56 Å². The Bertz CT molecular complexity index is 936. The second-order valence-electron chi connectivity index (χ2n) is 6.70. The molecule has 0 bridgehead atoms. The van der Waals surface area contributed by atoms with Crippen LogP contribution in [0.4, 0.5) is 21.5 Å². The smallest absolute Gasteiger partial charge is 0.252 e. The topological polar surface area (TPSA) is 63.1 Å². The molecule has 2 aromatic rings. The molecule has 7 heteroatoms. The molecule has 1 saturated carbocycles. The van der Waals surface area contributed by atoms with E-state index >= 15 is 0 Å². The number of rotatable bonds is 7. The molecular formula is C21H28FN3O2S. The number of halogens is 1. The first kappa shape index (κ1) is 21.9. The van der Waals surface area contributed by atoms with Crippen LogP contribution in [0.1, 0.15) is 38.7 Å². The number of nitrogens with one attached hydrogen (secondary N) is 2. The summed E-state index contributed by atoms with van der Waals surface area (Å²) >= 11 is 0. The molecule has 152 valence electrons. The molecule has 1 aromatic heterocycles. The zero-order chi connectivity index (χ0) is 20.9. The summed E-state index contributed by atoms with van der Waals surface area (Å²) in [6.45, 7) is 9.53. The van der Waals surface area contributed by atoms with Gasteiger partial charge in [-0.25, -0.2) is 8.60 Å². The van der Waals surface area contributed by atoms with Crippen LogP contribution in [0.5, 0.6) is 0 Å². The lowest BCUT2D eigenvalue weighted by Crippen LogP contribution is -2.24. The van der Waals surface area contributed by atoms with Gasteiger partial charge >= 0.3 is 0 Å². The number of aryl methyl sites for hydroxylation is 2. The highest BCUT2D eigenvalue weighted by atomic mass is 32.2. The average Bonchev–Trinajstić information content (AvgIpc) is 3.44. The van der Waals surface area contributed by atoms with Crippen LogP contribution in [0.2, 0.25) is 0 Å². The van der Waals surface area contributed by atoms with Gasteiger partial charge in [0, 0.05) is 19.3 Å². The van der Waals surface area contributed by atoms with E-state index in [1.165, 1.54) is 16.7 Å². The molecule has 1 heterocycles. The summed E-state index contributed by atoms with van der Waals surface area (Å²) in [6, 6.07) is 6.17. The van der Waals surface area contributed by atoms with Gasteiger partial charge in [-0.05, 0) is 43.9 Å².